The van der Waals surface area contributed by atoms with Gasteiger partial charge in [0.15, 0.2) is 6.04 Å². The first-order valence-electron chi connectivity index (χ1n) is 13.7. The van der Waals surface area contributed by atoms with Gasteiger partial charge in [0.05, 0.1) is 27.3 Å². The Labute approximate surface area is 214 Å². The van der Waals surface area contributed by atoms with Crippen LogP contribution in [0, 0.1) is 0 Å². The third-order valence-corrected chi connectivity index (χ3v) is 6.67. The Morgan fingerprint density at radius 2 is 1.49 bits per heavy atom. The molecule has 0 spiro atoms. The number of benzene rings is 2. The highest BCUT2D eigenvalue weighted by Crippen LogP contribution is 2.22. The van der Waals surface area contributed by atoms with Crippen molar-refractivity contribution in [2.75, 3.05) is 27.3 Å². The van der Waals surface area contributed by atoms with Gasteiger partial charge in [-0.05, 0) is 30.9 Å². The Morgan fingerprint density at radius 1 is 0.800 bits per heavy atom. The lowest BCUT2D eigenvalue weighted by Gasteiger charge is -2.36. The molecule has 0 radical (unpaired) electrons. The normalized spacial score (nSPS) is 12.3. The maximum absolute atomic E-state index is 13.0. The summed E-state index contributed by atoms with van der Waals surface area (Å²) in [4.78, 5) is 13.0. The van der Waals surface area contributed by atoms with E-state index in [1.165, 1.54) is 49.7 Å². The molecule has 0 aliphatic heterocycles. The van der Waals surface area contributed by atoms with Crippen molar-refractivity contribution in [1.29, 1.82) is 0 Å². The van der Waals surface area contributed by atoms with Gasteiger partial charge in [-0.3, -0.25) is 0 Å². The van der Waals surface area contributed by atoms with Crippen molar-refractivity contribution < 1.29 is 18.8 Å². The molecule has 0 N–H and O–H groups in total. The molecule has 1 unspecified atom stereocenters. The van der Waals surface area contributed by atoms with Gasteiger partial charge in [0.2, 0.25) is 0 Å². The summed E-state index contributed by atoms with van der Waals surface area (Å²) in [5, 5.41) is 0. The number of hydrogen-bond donors (Lipinski definition) is 0. The number of esters is 1. The van der Waals surface area contributed by atoms with Crippen LogP contribution in [0.5, 0.6) is 5.75 Å². The van der Waals surface area contributed by atoms with E-state index in [0.717, 1.165) is 31.6 Å². The van der Waals surface area contributed by atoms with Gasteiger partial charge < -0.3 is 14.0 Å². The molecule has 0 bridgehead atoms. The van der Waals surface area contributed by atoms with Crippen LogP contribution in [-0.4, -0.2) is 43.8 Å². The smallest absolute Gasteiger partial charge is 0.364 e. The lowest BCUT2D eigenvalue weighted by molar-refractivity contribution is -0.920. The number of carbonyl (C=O) groups excluding carboxylic acids is 1. The number of nitrogens with zero attached hydrogens (tertiary/aromatic N) is 1. The van der Waals surface area contributed by atoms with E-state index < -0.39 is 0 Å². The number of hydrogen-bond acceptors (Lipinski definition) is 3. The fourth-order valence-electron chi connectivity index (χ4n) is 4.65. The third-order valence-electron chi connectivity index (χ3n) is 6.67. The number of quaternary nitrogens is 1. The van der Waals surface area contributed by atoms with E-state index in [-0.39, 0.29) is 12.0 Å². The lowest BCUT2D eigenvalue weighted by Crippen LogP contribution is -2.52. The van der Waals surface area contributed by atoms with Gasteiger partial charge in [-0.2, -0.15) is 0 Å². The second kappa shape index (κ2) is 16.4. The highest BCUT2D eigenvalue weighted by Gasteiger charge is 2.35. The first kappa shape index (κ1) is 28.9. The molecule has 0 fully saturated rings. The van der Waals surface area contributed by atoms with Crippen LogP contribution in [0.3, 0.4) is 0 Å². The Hall–Kier alpha value is -2.33. The zero-order valence-electron chi connectivity index (χ0n) is 22.6. The molecule has 194 valence electrons. The zero-order chi connectivity index (χ0) is 25.4. The van der Waals surface area contributed by atoms with E-state index in [1.807, 2.05) is 24.3 Å². The van der Waals surface area contributed by atoms with E-state index in [0.29, 0.717) is 24.1 Å². The van der Waals surface area contributed by atoms with Crippen molar-refractivity contribution in [3.63, 3.8) is 0 Å². The van der Waals surface area contributed by atoms with Crippen molar-refractivity contribution >= 4 is 5.97 Å². The predicted octanol–water partition coefficient (Wildman–Crippen LogP) is 7.35. The van der Waals surface area contributed by atoms with Crippen molar-refractivity contribution in [2.45, 2.75) is 90.6 Å². The molecule has 0 saturated heterocycles. The Bertz CT molecular complexity index is 834. The largest absolute Gasteiger partial charge is 0.493 e. The minimum absolute atomic E-state index is 0.101. The molecular weight excluding hydrogens is 434 g/mol. The van der Waals surface area contributed by atoms with Crippen molar-refractivity contribution in [3.05, 3.63) is 65.7 Å². The van der Waals surface area contributed by atoms with Crippen LogP contribution in [0.15, 0.2) is 54.6 Å². The topological polar surface area (TPSA) is 35.5 Å². The summed E-state index contributed by atoms with van der Waals surface area (Å²) in [7, 11) is 4.25. The fourth-order valence-corrected chi connectivity index (χ4v) is 4.65. The first-order chi connectivity index (χ1) is 17.0. The van der Waals surface area contributed by atoms with Crippen LogP contribution in [0.1, 0.15) is 82.8 Å². The zero-order valence-corrected chi connectivity index (χ0v) is 22.6. The Balaban J connectivity index is 1.76. The average Bonchev–Trinajstić information content (AvgIpc) is 2.85. The highest BCUT2D eigenvalue weighted by atomic mass is 16.5. The van der Waals surface area contributed by atoms with E-state index in [1.54, 1.807) is 0 Å². The van der Waals surface area contributed by atoms with E-state index >= 15 is 0 Å². The lowest BCUT2D eigenvalue weighted by atomic mass is 10.0. The van der Waals surface area contributed by atoms with Crippen LogP contribution >= 0.6 is 0 Å². The van der Waals surface area contributed by atoms with Crippen molar-refractivity contribution in [2.24, 2.45) is 0 Å². The minimum atomic E-state index is -0.167. The molecule has 0 aliphatic rings. The molecule has 4 heteroatoms. The molecule has 2 aromatic carbocycles. The Kier molecular flexibility index (Phi) is 13.5. The van der Waals surface area contributed by atoms with E-state index in [4.69, 9.17) is 9.47 Å². The van der Waals surface area contributed by atoms with Crippen LogP contribution in [0.25, 0.3) is 0 Å². The van der Waals surface area contributed by atoms with Gasteiger partial charge >= 0.3 is 5.97 Å². The summed E-state index contributed by atoms with van der Waals surface area (Å²) >= 11 is 0. The highest BCUT2D eigenvalue weighted by molar-refractivity contribution is 5.74. The maximum Gasteiger partial charge on any atom is 0.364 e. The van der Waals surface area contributed by atoms with Crippen LogP contribution in [-0.2, 0) is 22.5 Å². The fraction of sp³-hybridized carbons (Fsp3) is 0.581. The quantitative estimate of drug-likeness (QED) is 0.127. The average molecular weight is 483 g/mol. The number of aryl methyl sites for hydroxylation is 1. The molecule has 2 aromatic rings. The third kappa shape index (κ3) is 10.9. The van der Waals surface area contributed by atoms with Gasteiger partial charge in [0, 0.05) is 18.4 Å². The number of likely N-dealkylation sites (N-methyl/N-ethyl adjacent to an activating group) is 1. The Morgan fingerprint density at radius 3 is 2.23 bits per heavy atom. The second-order valence-electron chi connectivity index (χ2n) is 10.2. The monoisotopic (exact) mass is 482 g/mol. The van der Waals surface area contributed by atoms with Crippen molar-refractivity contribution in [1.82, 2.24) is 0 Å². The van der Waals surface area contributed by atoms with Gasteiger partial charge in [-0.1, -0.05) is 94.5 Å². The molecular formula is C31H48NO3+. The number of carbonyl (C=O) groups is 1. The van der Waals surface area contributed by atoms with Crippen molar-refractivity contribution in [3.8, 4) is 5.75 Å². The summed E-state index contributed by atoms with van der Waals surface area (Å²) in [6, 6.07) is 18.5. The predicted molar refractivity (Wildman–Crippen MR) is 146 cm³/mol. The van der Waals surface area contributed by atoms with Gasteiger partial charge in [-0.15, -0.1) is 0 Å². The molecule has 2 rings (SSSR count). The standard InChI is InChI=1S/C31H48NO3/c1-5-7-8-9-10-14-21-28-22-15-16-23-30(28)34-24-17-25-35-31(33)29(18-6-2)32(3,4)26-27-19-12-11-13-20-27/h11-13,15-16,19-20,22-23,29H,5-10,14,17-18,21,24-26H2,1-4H3/q+1. The maximum atomic E-state index is 13.0. The summed E-state index contributed by atoms with van der Waals surface area (Å²) in [5.74, 6) is 0.869. The van der Waals surface area contributed by atoms with E-state index in [2.05, 4.69) is 58.3 Å². The summed E-state index contributed by atoms with van der Waals surface area (Å²) < 4.78 is 12.4. The molecule has 4 nitrogen and oxygen atoms in total. The number of ether oxygens (including phenoxy) is 2. The van der Waals surface area contributed by atoms with Crippen LogP contribution in [0.4, 0.5) is 0 Å². The van der Waals surface area contributed by atoms with Crippen LogP contribution in [0.2, 0.25) is 0 Å². The minimum Gasteiger partial charge on any atom is -0.493 e. The molecule has 0 aromatic heterocycles. The molecule has 35 heavy (non-hydrogen) atoms. The molecule has 0 amide bonds. The summed E-state index contributed by atoms with van der Waals surface area (Å²) in [5.41, 5.74) is 2.52. The molecule has 0 heterocycles. The van der Waals surface area contributed by atoms with Gasteiger partial charge in [0.25, 0.3) is 0 Å². The summed E-state index contributed by atoms with van der Waals surface area (Å²) in [6.07, 6.45) is 11.3. The SMILES string of the molecule is CCCCCCCCc1ccccc1OCCCOC(=O)C(CCC)[N+](C)(C)Cc1ccccc1. The molecule has 0 saturated carbocycles. The van der Waals surface area contributed by atoms with Gasteiger partial charge in [0.1, 0.15) is 12.3 Å². The summed E-state index contributed by atoms with van der Waals surface area (Å²) in [6.45, 7) is 6.13. The molecule has 0 aliphatic carbocycles. The number of rotatable bonds is 18. The number of para-hydroxylation sites is 1. The second-order valence-corrected chi connectivity index (χ2v) is 10.2. The molecule has 1 atom stereocenters. The number of unbranched alkanes of at least 4 members (excludes halogenated alkanes) is 5. The first-order valence-corrected chi connectivity index (χ1v) is 13.7. The van der Waals surface area contributed by atoms with E-state index in [9.17, 15) is 4.79 Å². The van der Waals surface area contributed by atoms with Crippen LogP contribution < -0.4 is 4.74 Å². The van der Waals surface area contributed by atoms with Gasteiger partial charge in [-0.25, -0.2) is 4.79 Å².